The molecule has 0 heterocycles. The van der Waals surface area contributed by atoms with Crippen LogP contribution in [-0.4, -0.2) is 34.6 Å². The minimum atomic E-state index is -1.26. The first-order valence-electron chi connectivity index (χ1n) is 8.62. The molecule has 0 aliphatic carbocycles. The van der Waals surface area contributed by atoms with Crippen LogP contribution >= 0.6 is 11.6 Å². The summed E-state index contributed by atoms with van der Waals surface area (Å²) < 4.78 is 0. The van der Waals surface area contributed by atoms with Crippen molar-refractivity contribution in [3.63, 3.8) is 0 Å². The van der Waals surface area contributed by atoms with Gasteiger partial charge in [0.25, 0.3) is 0 Å². The number of amides is 1. The molecule has 2 rings (SSSR count). The van der Waals surface area contributed by atoms with E-state index >= 15 is 0 Å². The number of carbonyl (C=O) groups excluding carboxylic acids is 1. The van der Waals surface area contributed by atoms with Crippen LogP contribution < -0.4 is 11.1 Å². The third-order valence-corrected chi connectivity index (χ3v) is 4.17. The van der Waals surface area contributed by atoms with E-state index in [4.69, 9.17) is 27.5 Å². The number of carbonyl (C=O) groups is 3. The number of benzene rings is 2. The van der Waals surface area contributed by atoms with Gasteiger partial charge in [0.2, 0.25) is 5.91 Å². The van der Waals surface area contributed by atoms with Crippen molar-refractivity contribution in [1.82, 2.24) is 5.32 Å². The molecule has 0 aliphatic heterocycles. The maximum atomic E-state index is 11.8. The lowest BCUT2D eigenvalue weighted by Crippen LogP contribution is -2.47. The van der Waals surface area contributed by atoms with Gasteiger partial charge in [0, 0.05) is 17.2 Å². The van der Waals surface area contributed by atoms with Gasteiger partial charge in [0.15, 0.2) is 0 Å². The molecule has 0 radical (unpaired) electrons. The van der Waals surface area contributed by atoms with Crippen LogP contribution in [0.3, 0.4) is 0 Å². The number of nitrogens with two attached hydrogens (primary N) is 1. The topological polar surface area (TPSA) is 130 Å². The van der Waals surface area contributed by atoms with Crippen molar-refractivity contribution in [2.24, 2.45) is 5.73 Å². The van der Waals surface area contributed by atoms with Crippen LogP contribution in [0.5, 0.6) is 0 Å². The molecule has 1 atom stereocenters. The molecular weight excluding hydrogens is 396 g/mol. The van der Waals surface area contributed by atoms with E-state index < -0.39 is 17.5 Å². The zero-order chi connectivity index (χ0) is 21.9. The Morgan fingerprint density at radius 2 is 1.52 bits per heavy atom. The van der Waals surface area contributed by atoms with Crippen LogP contribution in [0.1, 0.15) is 18.1 Å². The van der Waals surface area contributed by atoms with Crippen molar-refractivity contribution in [3.8, 4) is 0 Å². The normalized spacial score (nSPS) is 12.4. The highest BCUT2D eigenvalue weighted by Crippen LogP contribution is 2.31. The maximum Gasteiger partial charge on any atom is 0.328 e. The standard InChI is InChI=1S/C17H19ClN2O.C4H4O4/c1-17(20-16(21)12-19,11-13-7-3-2-4-8-13)14-9-5-6-10-15(14)18;5-3(6)1-2-4(7)8/h2-10H,11-12,19H2,1H3,(H,20,21);1-2H,(H,5,6)(H,7,8)/b;2-1+. The number of nitrogens with one attached hydrogen (secondary N) is 1. The zero-order valence-electron chi connectivity index (χ0n) is 15.8. The number of carboxylic acids is 2. The highest BCUT2D eigenvalue weighted by molar-refractivity contribution is 6.31. The van der Waals surface area contributed by atoms with Gasteiger partial charge in [-0.2, -0.15) is 0 Å². The SMILES string of the molecule is CC(Cc1ccccc1)(NC(=O)CN)c1ccccc1Cl.O=C(O)/C=C/C(=O)O. The average Bonchev–Trinajstić information content (AvgIpc) is 2.67. The van der Waals surface area contributed by atoms with Crippen molar-refractivity contribution < 1.29 is 24.6 Å². The Labute approximate surface area is 173 Å². The van der Waals surface area contributed by atoms with Gasteiger partial charge in [-0.1, -0.05) is 60.1 Å². The minimum Gasteiger partial charge on any atom is -0.478 e. The van der Waals surface area contributed by atoms with E-state index in [2.05, 4.69) is 5.32 Å². The second-order valence-corrected chi connectivity index (χ2v) is 6.64. The largest absolute Gasteiger partial charge is 0.478 e. The predicted molar refractivity (Wildman–Crippen MR) is 111 cm³/mol. The molecule has 5 N–H and O–H groups in total. The van der Waals surface area contributed by atoms with Crippen LogP contribution in [-0.2, 0) is 26.3 Å². The van der Waals surface area contributed by atoms with Gasteiger partial charge in [0.05, 0.1) is 12.1 Å². The lowest BCUT2D eigenvalue weighted by molar-refractivity contribution is -0.134. The molecule has 154 valence electrons. The van der Waals surface area contributed by atoms with Gasteiger partial charge in [-0.25, -0.2) is 9.59 Å². The second-order valence-electron chi connectivity index (χ2n) is 6.24. The van der Waals surface area contributed by atoms with E-state index in [1.807, 2.05) is 61.5 Å². The Hall–Kier alpha value is -3.16. The fourth-order valence-electron chi connectivity index (χ4n) is 2.62. The molecule has 0 aliphatic rings. The van der Waals surface area contributed by atoms with Gasteiger partial charge in [-0.3, -0.25) is 4.79 Å². The Morgan fingerprint density at radius 1 is 1.00 bits per heavy atom. The minimum absolute atomic E-state index is 0.0468. The van der Waals surface area contributed by atoms with E-state index in [-0.39, 0.29) is 12.5 Å². The first-order chi connectivity index (χ1) is 13.7. The van der Waals surface area contributed by atoms with Crippen molar-refractivity contribution in [1.29, 1.82) is 0 Å². The lowest BCUT2D eigenvalue weighted by atomic mass is 9.85. The fourth-order valence-corrected chi connectivity index (χ4v) is 2.97. The number of halogens is 1. The molecule has 2 aromatic carbocycles. The first kappa shape index (κ1) is 23.9. The van der Waals surface area contributed by atoms with Crippen molar-refractivity contribution >= 4 is 29.4 Å². The summed E-state index contributed by atoms with van der Waals surface area (Å²) in [5.74, 6) is -2.71. The molecule has 2 aromatic rings. The van der Waals surface area contributed by atoms with E-state index in [1.54, 1.807) is 0 Å². The third-order valence-electron chi connectivity index (χ3n) is 3.84. The summed E-state index contributed by atoms with van der Waals surface area (Å²) in [5.41, 5.74) is 6.85. The summed E-state index contributed by atoms with van der Waals surface area (Å²) in [7, 11) is 0. The zero-order valence-corrected chi connectivity index (χ0v) is 16.6. The maximum absolute atomic E-state index is 11.8. The number of aliphatic carboxylic acids is 2. The summed E-state index contributed by atoms with van der Waals surface area (Å²) >= 11 is 6.32. The molecule has 0 bridgehead atoms. The Morgan fingerprint density at radius 3 is 2.00 bits per heavy atom. The number of rotatable bonds is 7. The molecule has 1 unspecified atom stereocenters. The molecule has 0 saturated heterocycles. The van der Waals surface area contributed by atoms with Gasteiger partial charge in [0.1, 0.15) is 0 Å². The number of hydrogen-bond acceptors (Lipinski definition) is 4. The van der Waals surface area contributed by atoms with Crippen LogP contribution in [0.25, 0.3) is 0 Å². The molecule has 0 aromatic heterocycles. The van der Waals surface area contributed by atoms with E-state index in [0.29, 0.717) is 23.6 Å². The fraction of sp³-hybridized carbons (Fsp3) is 0.190. The molecule has 0 fully saturated rings. The number of carboxylic acid groups (broad SMARTS) is 2. The van der Waals surface area contributed by atoms with Crippen molar-refractivity contribution in [2.45, 2.75) is 18.9 Å². The van der Waals surface area contributed by atoms with E-state index in [1.165, 1.54) is 0 Å². The molecule has 29 heavy (non-hydrogen) atoms. The molecular formula is C21H23ClN2O5. The Kier molecular flexibility index (Phi) is 9.58. The van der Waals surface area contributed by atoms with Crippen molar-refractivity contribution in [3.05, 3.63) is 82.9 Å². The molecule has 7 nitrogen and oxygen atoms in total. The summed E-state index contributed by atoms with van der Waals surface area (Å²) in [6.45, 7) is 1.92. The Bertz CT molecular complexity index is 854. The number of hydrogen-bond donors (Lipinski definition) is 4. The van der Waals surface area contributed by atoms with Crippen molar-refractivity contribution in [2.75, 3.05) is 6.54 Å². The van der Waals surface area contributed by atoms with E-state index in [9.17, 15) is 14.4 Å². The van der Waals surface area contributed by atoms with E-state index in [0.717, 1.165) is 11.1 Å². The van der Waals surface area contributed by atoms with Gasteiger partial charge in [-0.15, -0.1) is 0 Å². The Balaban J connectivity index is 0.000000447. The third kappa shape index (κ3) is 8.59. The van der Waals surface area contributed by atoms with Crippen LogP contribution in [0, 0.1) is 0 Å². The average molecular weight is 419 g/mol. The summed E-state index contributed by atoms with van der Waals surface area (Å²) in [6, 6.07) is 17.5. The highest BCUT2D eigenvalue weighted by Gasteiger charge is 2.30. The second kappa shape index (κ2) is 11.6. The molecule has 0 spiro atoms. The molecule has 8 heteroatoms. The van der Waals surface area contributed by atoms with Gasteiger partial charge in [-0.05, 0) is 30.5 Å². The molecule has 0 saturated carbocycles. The van der Waals surface area contributed by atoms with Gasteiger partial charge < -0.3 is 21.3 Å². The van der Waals surface area contributed by atoms with Crippen LogP contribution in [0.4, 0.5) is 0 Å². The lowest BCUT2D eigenvalue weighted by Gasteiger charge is -2.32. The quantitative estimate of drug-likeness (QED) is 0.511. The summed E-state index contributed by atoms with van der Waals surface area (Å²) in [4.78, 5) is 30.9. The molecule has 1 amide bonds. The van der Waals surface area contributed by atoms with Crippen LogP contribution in [0.15, 0.2) is 66.7 Å². The van der Waals surface area contributed by atoms with Crippen LogP contribution in [0.2, 0.25) is 5.02 Å². The highest BCUT2D eigenvalue weighted by atomic mass is 35.5. The smallest absolute Gasteiger partial charge is 0.328 e. The van der Waals surface area contributed by atoms with Gasteiger partial charge >= 0.3 is 11.9 Å². The monoisotopic (exact) mass is 418 g/mol. The summed E-state index contributed by atoms with van der Waals surface area (Å²) in [5, 5.41) is 19.3. The predicted octanol–water partition coefficient (Wildman–Crippen LogP) is 2.58. The summed E-state index contributed by atoms with van der Waals surface area (Å²) in [6.07, 6.45) is 1.76. The first-order valence-corrected chi connectivity index (χ1v) is 8.99.